The second-order valence-electron chi connectivity index (χ2n) is 5.12. The lowest BCUT2D eigenvalue weighted by Crippen LogP contribution is -2.45. The predicted octanol–water partition coefficient (Wildman–Crippen LogP) is 2.94. The molecule has 1 aliphatic heterocycles. The molecule has 1 aliphatic rings. The fraction of sp³-hybridized carbons (Fsp3) is 0.571. The van der Waals surface area contributed by atoms with Gasteiger partial charge in [-0.3, -0.25) is 4.90 Å². The van der Waals surface area contributed by atoms with Gasteiger partial charge in [0.1, 0.15) is 5.75 Å². The summed E-state index contributed by atoms with van der Waals surface area (Å²) in [7, 11) is 1.70. The summed E-state index contributed by atoms with van der Waals surface area (Å²) in [6.45, 7) is 5.17. The highest BCUT2D eigenvalue weighted by molar-refractivity contribution is 6.30. The quantitative estimate of drug-likeness (QED) is 0.933. The standard InChI is InChI=1S/C14H21ClN2O.ClH/c1-10-8-17(6-5-13(10)16)9-11-7-12(15)3-4-14(11)18-2;/h3-4,7,10,13H,5-6,8-9,16H2,1-2H3;1H. The lowest BCUT2D eigenvalue weighted by atomic mass is 9.94. The van der Waals surface area contributed by atoms with E-state index in [4.69, 9.17) is 22.1 Å². The highest BCUT2D eigenvalue weighted by Gasteiger charge is 2.23. The van der Waals surface area contributed by atoms with Gasteiger partial charge in [-0.15, -0.1) is 12.4 Å². The van der Waals surface area contributed by atoms with Crippen molar-refractivity contribution in [1.82, 2.24) is 4.90 Å². The first-order valence-corrected chi connectivity index (χ1v) is 6.78. The third kappa shape index (κ3) is 4.25. The number of hydrogen-bond acceptors (Lipinski definition) is 3. The number of methoxy groups -OCH3 is 1. The number of benzene rings is 1. The Morgan fingerprint density at radius 1 is 1.47 bits per heavy atom. The van der Waals surface area contributed by atoms with Crippen molar-refractivity contribution in [1.29, 1.82) is 0 Å². The SMILES string of the molecule is COc1ccc(Cl)cc1CN1CCC(N)C(C)C1.Cl. The molecule has 2 unspecified atom stereocenters. The van der Waals surface area contributed by atoms with Gasteiger partial charge in [-0.05, 0) is 37.1 Å². The molecule has 2 rings (SSSR count). The third-order valence-electron chi connectivity index (χ3n) is 3.69. The minimum Gasteiger partial charge on any atom is -0.496 e. The number of nitrogens with zero attached hydrogens (tertiary/aromatic N) is 1. The molecule has 0 aliphatic carbocycles. The van der Waals surface area contributed by atoms with Crippen LogP contribution in [-0.4, -0.2) is 31.1 Å². The molecule has 0 amide bonds. The van der Waals surface area contributed by atoms with Crippen molar-refractivity contribution in [2.24, 2.45) is 11.7 Å². The van der Waals surface area contributed by atoms with Crippen molar-refractivity contribution < 1.29 is 4.74 Å². The van der Waals surface area contributed by atoms with Crippen LogP contribution >= 0.6 is 24.0 Å². The lowest BCUT2D eigenvalue weighted by molar-refractivity contribution is 0.156. The van der Waals surface area contributed by atoms with E-state index in [1.165, 1.54) is 0 Å². The largest absolute Gasteiger partial charge is 0.496 e. The number of ether oxygens (including phenoxy) is 1. The number of piperidine rings is 1. The molecule has 2 atom stereocenters. The van der Waals surface area contributed by atoms with Crippen molar-refractivity contribution in [2.45, 2.75) is 25.9 Å². The van der Waals surface area contributed by atoms with Crippen LogP contribution in [0, 0.1) is 5.92 Å². The minimum absolute atomic E-state index is 0. The van der Waals surface area contributed by atoms with Gasteiger partial charge in [0.25, 0.3) is 0 Å². The Kier molecular flexibility index (Phi) is 6.40. The van der Waals surface area contributed by atoms with Crippen LogP contribution in [0.25, 0.3) is 0 Å². The Balaban J connectivity index is 0.00000180. The Bertz CT molecular complexity index is 414. The second kappa shape index (κ2) is 7.34. The van der Waals surface area contributed by atoms with Crippen molar-refractivity contribution in [3.63, 3.8) is 0 Å². The number of nitrogens with two attached hydrogens (primary N) is 1. The molecular formula is C14H22Cl2N2O. The smallest absolute Gasteiger partial charge is 0.123 e. The molecule has 1 aromatic rings. The van der Waals surface area contributed by atoms with E-state index in [2.05, 4.69) is 11.8 Å². The van der Waals surface area contributed by atoms with Gasteiger partial charge in [-0.2, -0.15) is 0 Å². The van der Waals surface area contributed by atoms with Gasteiger partial charge >= 0.3 is 0 Å². The molecule has 1 aromatic carbocycles. The van der Waals surface area contributed by atoms with Crippen LogP contribution in [0.4, 0.5) is 0 Å². The first-order valence-electron chi connectivity index (χ1n) is 6.40. The Labute approximate surface area is 126 Å². The normalized spacial score (nSPS) is 23.8. The lowest BCUT2D eigenvalue weighted by Gasteiger charge is -2.35. The van der Waals surface area contributed by atoms with Gasteiger partial charge in [0.15, 0.2) is 0 Å². The summed E-state index contributed by atoms with van der Waals surface area (Å²) < 4.78 is 5.38. The molecule has 0 bridgehead atoms. The summed E-state index contributed by atoms with van der Waals surface area (Å²) in [5.41, 5.74) is 7.19. The zero-order valence-corrected chi connectivity index (χ0v) is 13.0. The van der Waals surface area contributed by atoms with Crippen molar-refractivity contribution >= 4 is 24.0 Å². The first kappa shape index (κ1) is 16.6. The van der Waals surface area contributed by atoms with Crippen LogP contribution in [0.5, 0.6) is 5.75 Å². The Hall–Kier alpha value is -0.480. The monoisotopic (exact) mass is 304 g/mol. The molecule has 0 saturated carbocycles. The maximum atomic E-state index is 6.05. The van der Waals surface area contributed by atoms with Gasteiger partial charge in [0.05, 0.1) is 7.11 Å². The van der Waals surface area contributed by atoms with Gasteiger partial charge in [-0.1, -0.05) is 18.5 Å². The number of hydrogen-bond donors (Lipinski definition) is 1. The van der Waals surface area contributed by atoms with E-state index in [0.29, 0.717) is 12.0 Å². The Morgan fingerprint density at radius 3 is 2.84 bits per heavy atom. The molecule has 3 nitrogen and oxygen atoms in total. The fourth-order valence-corrected chi connectivity index (χ4v) is 2.70. The zero-order chi connectivity index (χ0) is 13.1. The minimum atomic E-state index is 0. The first-order chi connectivity index (χ1) is 8.60. The molecule has 0 aromatic heterocycles. The van der Waals surface area contributed by atoms with E-state index in [1.54, 1.807) is 7.11 Å². The molecule has 1 heterocycles. The van der Waals surface area contributed by atoms with E-state index in [9.17, 15) is 0 Å². The number of rotatable bonds is 3. The predicted molar refractivity (Wildman–Crippen MR) is 82.3 cm³/mol. The number of halogens is 2. The maximum absolute atomic E-state index is 6.05. The van der Waals surface area contributed by atoms with E-state index < -0.39 is 0 Å². The molecule has 1 saturated heterocycles. The summed E-state index contributed by atoms with van der Waals surface area (Å²) in [5.74, 6) is 1.45. The molecular weight excluding hydrogens is 283 g/mol. The maximum Gasteiger partial charge on any atom is 0.123 e. The van der Waals surface area contributed by atoms with Crippen LogP contribution in [0.3, 0.4) is 0 Å². The second-order valence-corrected chi connectivity index (χ2v) is 5.56. The fourth-order valence-electron chi connectivity index (χ4n) is 2.51. The summed E-state index contributed by atoms with van der Waals surface area (Å²) in [6.07, 6.45) is 1.06. The summed E-state index contributed by atoms with van der Waals surface area (Å²) >= 11 is 6.05. The Morgan fingerprint density at radius 2 is 2.21 bits per heavy atom. The van der Waals surface area contributed by atoms with E-state index in [-0.39, 0.29) is 12.4 Å². The highest BCUT2D eigenvalue weighted by Crippen LogP contribution is 2.25. The third-order valence-corrected chi connectivity index (χ3v) is 3.93. The molecule has 19 heavy (non-hydrogen) atoms. The topological polar surface area (TPSA) is 38.5 Å². The zero-order valence-electron chi connectivity index (χ0n) is 11.4. The van der Waals surface area contributed by atoms with Crippen LogP contribution in [0.2, 0.25) is 5.02 Å². The van der Waals surface area contributed by atoms with E-state index >= 15 is 0 Å². The molecule has 2 N–H and O–H groups in total. The van der Waals surface area contributed by atoms with Crippen LogP contribution in [0.15, 0.2) is 18.2 Å². The summed E-state index contributed by atoms with van der Waals surface area (Å²) in [5, 5.41) is 0.757. The van der Waals surface area contributed by atoms with Gasteiger partial charge in [0.2, 0.25) is 0 Å². The van der Waals surface area contributed by atoms with Gasteiger partial charge in [-0.25, -0.2) is 0 Å². The van der Waals surface area contributed by atoms with Gasteiger partial charge < -0.3 is 10.5 Å². The highest BCUT2D eigenvalue weighted by atomic mass is 35.5. The van der Waals surface area contributed by atoms with Gasteiger partial charge in [0, 0.05) is 29.7 Å². The van der Waals surface area contributed by atoms with Crippen LogP contribution < -0.4 is 10.5 Å². The average molecular weight is 305 g/mol. The molecule has 5 heteroatoms. The molecule has 0 spiro atoms. The molecule has 1 fully saturated rings. The summed E-state index contributed by atoms with van der Waals surface area (Å²) in [6, 6.07) is 6.11. The summed E-state index contributed by atoms with van der Waals surface area (Å²) in [4.78, 5) is 2.42. The van der Waals surface area contributed by atoms with Crippen molar-refractivity contribution in [2.75, 3.05) is 20.2 Å². The van der Waals surface area contributed by atoms with Crippen molar-refractivity contribution in [3.05, 3.63) is 28.8 Å². The number of likely N-dealkylation sites (tertiary alicyclic amines) is 1. The average Bonchev–Trinajstić information content (AvgIpc) is 2.34. The van der Waals surface area contributed by atoms with E-state index in [0.717, 1.165) is 42.4 Å². The van der Waals surface area contributed by atoms with Crippen molar-refractivity contribution in [3.8, 4) is 5.75 Å². The van der Waals surface area contributed by atoms with Crippen LogP contribution in [0.1, 0.15) is 18.9 Å². The van der Waals surface area contributed by atoms with E-state index in [1.807, 2.05) is 18.2 Å². The van der Waals surface area contributed by atoms with Crippen LogP contribution in [-0.2, 0) is 6.54 Å². The molecule has 0 radical (unpaired) electrons. The molecule has 108 valence electrons.